The van der Waals surface area contributed by atoms with Crippen LogP contribution in [0.2, 0.25) is 18.1 Å². The Kier molecular flexibility index (Phi) is 7.62. The second-order valence-corrected chi connectivity index (χ2v) is 24.8. The molecule has 4 atom stereocenters. The highest BCUT2D eigenvalue weighted by atomic mass is 33.4. The van der Waals surface area contributed by atoms with Crippen LogP contribution in [0, 0.1) is 0 Å². The number of nitrogen functional groups attached to an aromatic ring is 1. The van der Waals surface area contributed by atoms with Gasteiger partial charge in [0.25, 0.3) is 0 Å². The van der Waals surface area contributed by atoms with Gasteiger partial charge in [0.2, 0.25) is 0 Å². The van der Waals surface area contributed by atoms with Gasteiger partial charge >= 0.3 is 5.69 Å². The van der Waals surface area contributed by atoms with Gasteiger partial charge < -0.3 is 19.4 Å². The molecule has 2 N–H and O–H groups in total. The zero-order valence-electron chi connectivity index (χ0n) is 17.8. The molecule has 1 aromatic heterocycles. The van der Waals surface area contributed by atoms with E-state index in [2.05, 4.69) is 38.8 Å². The molecule has 0 amide bonds. The van der Waals surface area contributed by atoms with E-state index >= 15 is 4.39 Å². The molecule has 2 aliphatic rings. The topological polar surface area (TPSA) is 88.6 Å². The molecular formula is C17H30FN3O4PS3Si. The lowest BCUT2D eigenvalue weighted by molar-refractivity contribution is -0.0415. The zero-order chi connectivity index (χ0) is 22.3. The molecule has 0 unspecified atom stereocenters. The molecule has 0 saturated carbocycles. The molecule has 0 spiro atoms. The number of anilines is 1. The van der Waals surface area contributed by atoms with Crippen molar-refractivity contribution in [2.75, 3.05) is 23.8 Å². The van der Waals surface area contributed by atoms with Gasteiger partial charge in [-0.15, -0.1) is 12.2 Å². The fraction of sp³-hybridized carbons (Fsp3) is 0.765. The highest BCUT2D eigenvalue weighted by molar-refractivity contribution is 9.15. The molecule has 3 heterocycles. The number of halogens is 1. The first kappa shape index (κ1) is 24.8. The van der Waals surface area contributed by atoms with Crippen LogP contribution in [0.25, 0.3) is 0 Å². The third kappa shape index (κ3) is 5.39. The summed E-state index contributed by atoms with van der Waals surface area (Å²) >= 11 is 8.12. The molecule has 30 heavy (non-hydrogen) atoms. The molecule has 13 heteroatoms. The molecule has 2 fully saturated rings. The highest BCUT2D eigenvalue weighted by Gasteiger charge is 2.52. The van der Waals surface area contributed by atoms with Gasteiger partial charge in [-0.1, -0.05) is 43.5 Å². The summed E-state index contributed by atoms with van der Waals surface area (Å²) in [7, 11) is -2.30. The van der Waals surface area contributed by atoms with Crippen LogP contribution in [0.5, 0.6) is 0 Å². The molecule has 2 aliphatic heterocycles. The quantitative estimate of drug-likeness (QED) is 0.325. The van der Waals surface area contributed by atoms with Crippen molar-refractivity contribution in [3.8, 4) is 0 Å². The third-order valence-electron chi connectivity index (χ3n) is 5.62. The van der Waals surface area contributed by atoms with Crippen LogP contribution in [-0.2, 0) is 13.7 Å². The van der Waals surface area contributed by atoms with Crippen molar-refractivity contribution in [1.82, 2.24) is 9.55 Å². The smallest absolute Gasteiger partial charge is 0.351 e. The van der Waals surface area contributed by atoms with Gasteiger partial charge in [-0.05, 0) is 24.2 Å². The van der Waals surface area contributed by atoms with E-state index in [0.29, 0.717) is 0 Å². The standard InChI is InChI=1S/C17H30FN3O4PS3Si/c1-17(2,3)30(4,5)25-14-11(10-23-26(27)28-8-9-29-26)24-15(13(14)18)21-7-6-12(19)20-16(21)22/h6-7,11,13-15,27H,8-10H2,1-5H3,(H2,19,20,22)/t11-,13-,14-,15-/m1/s1. The van der Waals surface area contributed by atoms with E-state index in [1.165, 1.54) is 12.3 Å². The SMILES string of the molecule is CC(C)(C)[Si](C)(C)O[C@H]1[C@@H](F)[C@H](n2ccc(N)nc2=O)O[C@@H]1CO[P]1(S)SCCS1. The Morgan fingerprint density at radius 2 is 2.07 bits per heavy atom. The number of hydrogen-bond acceptors (Lipinski definition) is 9. The lowest BCUT2D eigenvalue weighted by atomic mass is 10.1. The van der Waals surface area contributed by atoms with Crippen molar-refractivity contribution in [3.63, 3.8) is 0 Å². The number of ether oxygens (including phenoxy) is 1. The second kappa shape index (κ2) is 9.21. The fourth-order valence-electron chi connectivity index (χ4n) is 2.91. The van der Waals surface area contributed by atoms with Crippen LogP contribution in [0.15, 0.2) is 17.1 Å². The Morgan fingerprint density at radius 1 is 1.43 bits per heavy atom. The predicted molar refractivity (Wildman–Crippen MR) is 131 cm³/mol. The van der Waals surface area contributed by atoms with Crippen LogP contribution in [0.4, 0.5) is 10.2 Å². The number of aromatic nitrogens is 2. The average Bonchev–Trinajstić information content (AvgIpc) is 3.18. The Bertz CT molecular complexity index is 822. The molecule has 1 radical (unpaired) electrons. The van der Waals surface area contributed by atoms with Crippen molar-refractivity contribution >= 4 is 54.2 Å². The lowest BCUT2D eigenvalue weighted by Gasteiger charge is -2.39. The lowest BCUT2D eigenvalue weighted by Crippen LogP contribution is -2.49. The van der Waals surface area contributed by atoms with E-state index in [-0.39, 0.29) is 17.5 Å². The first-order valence-electron chi connectivity index (χ1n) is 9.70. The minimum atomic E-state index is -2.30. The molecule has 0 aromatic carbocycles. The summed E-state index contributed by atoms with van der Waals surface area (Å²) in [5.74, 6) is 2.05. The Morgan fingerprint density at radius 3 is 2.63 bits per heavy atom. The van der Waals surface area contributed by atoms with E-state index in [4.69, 9.17) is 31.7 Å². The number of nitrogens with two attached hydrogens (primary N) is 1. The molecule has 0 aliphatic carbocycles. The first-order chi connectivity index (χ1) is 13.8. The van der Waals surface area contributed by atoms with Crippen molar-refractivity contribution in [1.29, 1.82) is 0 Å². The Balaban J connectivity index is 1.85. The minimum absolute atomic E-state index is 0.0794. The summed E-state index contributed by atoms with van der Waals surface area (Å²) in [6, 6.07) is 1.45. The molecule has 3 rings (SSSR count). The van der Waals surface area contributed by atoms with Gasteiger partial charge in [0, 0.05) is 17.7 Å². The highest BCUT2D eigenvalue weighted by Crippen LogP contribution is 2.87. The summed E-state index contributed by atoms with van der Waals surface area (Å²) in [4.78, 5) is 16.0. The summed E-state index contributed by atoms with van der Waals surface area (Å²) in [6.07, 6.45) is -2.79. The first-order valence-corrected chi connectivity index (χ1v) is 18.7. The van der Waals surface area contributed by atoms with Gasteiger partial charge in [-0.3, -0.25) is 4.57 Å². The number of nitrogens with zero attached hydrogens (tertiary/aromatic N) is 2. The molecule has 0 bridgehead atoms. The predicted octanol–water partition coefficient (Wildman–Crippen LogP) is 4.56. The molecular weight excluding hydrogens is 484 g/mol. The van der Waals surface area contributed by atoms with Crippen molar-refractivity contribution in [2.24, 2.45) is 0 Å². The molecule has 171 valence electrons. The maximum Gasteiger partial charge on any atom is 0.351 e. The van der Waals surface area contributed by atoms with Gasteiger partial charge in [0.15, 0.2) is 20.7 Å². The Labute approximate surface area is 191 Å². The number of alkyl halides is 1. The van der Waals surface area contributed by atoms with Crippen LogP contribution in [0.3, 0.4) is 0 Å². The van der Waals surface area contributed by atoms with Crippen molar-refractivity contribution < 1.29 is 18.1 Å². The summed E-state index contributed by atoms with van der Waals surface area (Å²) < 4.78 is 35.3. The minimum Gasteiger partial charge on any atom is -0.408 e. The van der Waals surface area contributed by atoms with E-state index in [0.717, 1.165) is 16.1 Å². The largest absolute Gasteiger partial charge is 0.408 e. The molecule has 1 aromatic rings. The summed E-state index contributed by atoms with van der Waals surface area (Å²) in [5.41, 5.74) is 4.91. The van der Waals surface area contributed by atoms with Gasteiger partial charge in [-0.25, -0.2) is 9.18 Å². The van der Waals surface area contributed by atoms with E-state index in [9.17, 15) is 4.79 Å². The van der Waals surface area contributed by atoms with E-state index in [1.807, 2.05) is 0 Å². The van der Waals surface area contributed by atoms with Gasteiger partial charge in [-0.2, -0.15) is 4.98 Å². The number of rotatable bonds is 6. The maximum absolute atomic E-state index is 15.7. The second-order valence-electron chi connectivity index (χ2n) is 8.83. The normalized spacial score (nSPS) is 29.4. The van der Waals surface area contributed by atoms with Crippen molar-refractivity contribution in [2.45, 2.75) is 63.5 Å². The van der Waals surface area contributed by atoms with Crippen LogP contribution in [0.1, 0.15) is 27.0 Å². The summed E-state index contributed by atoms with van der Waals surface area (Å²) in [6.45, 7) is 10.6. The number of hydrogen-bond donors (Lipinski definition) is 2. The fourth-order valence-corrected chi connectivity index (χ4v) is 13.3. The molecule has 7 nitrogen and oxygen atoms in total. The van der Waals surface area contributed by atoms with Crippen LogP contribution in [-0.4, -0.2) is 54.4 Å². The monoisotopic (exact) mass is 514 g/mol. The Hall–Kier alpha value is 0.187. The number of thiol groups is 1. The van der Waals surface area contributed by atoms with Crippen LogP contribution < -0.4 is 11.4 Å². The van der Waals surface area contributed by atoms with Crippen LogP contribution >= 0.6 is 40.1 Å². The van der Waals surface area contributed by atoms with Crippen molar-refractivity contribution in [3.05, 3.63) is 22.7 Å². The van der Waals surface area contributed by atoms with Gasteiger partial charge in [0.1, 0.15) is 23.1 Å². The van der Waals surface area contributed by atoms with E-state index in [1.54, 1.807) is 22.8 Å². The third-order valence-corrected chi connectivity index (χ3v) is 20.3. The zero-order valence-corrected chi connectivity index (χ0v) is 22.2. The maximum atomic E-state index is 15.7. The molecule has 2 saturated heterocycles. The van der Waals surface area contributed by atoms with E-state index < -0.39 is 43.7 Å². The average molecular weight is 515 g/mol. The van der Waals surface area contributed by atoms with Gasteiger partial charge in [0.05, 0.1) is 6.61 Å². The summed E-state index contributed by atoms with van der Waals surface area (Å²) in [5, 5.41) is -2.03.